The van der Waals surface area contributed by atoms with Gasteiger partial charge in [0.05, 0.1) is 12.2 Å². The Hall–Kier alpha value is -1.91. The highest BCUT2D eigenvalue weighted by molar-refractivity contribution is 5.35. The van der Waals surface area contributed by atoms with Crippen LogP contribution in [-0.2, 0) is 13.6 Å². The Morgan fingerprint density at radius 2 is 2.33 bits per heavy atom. The Kier molecular flexibility index (Phi) is 2.62. The molecule has 2 heterocycles. The van der Waals surface area contributed by atoms with Gasteiger partial charge >= 0.3 is 0 Å². The van der Waals surface area contributed by atoms with E-state index >= 15 is 0 Å². The summed E-state index contributed by atoms with van der Waals surface area (Å²) in [4.78, 5) is 3.88. The van der Waals surface area contributed by atoms with Crippen LogP contribution in [0.4, 0.5) is 10.2 Å². The first-order valence-corrected chi connectivity index (χ1v) is 4.58. The lowest BCUT2D eigenvalue weighted by molar-refractivity contribution is 0.624. The zero-order valence-electron chi connectivity index (χ0n) is 8.31. The topological polar surface area (TPSA) is 42.7 Å². The molecule has 0 fully saturated rings. The fraction of sp³-hybridized carbons (Fsp3) is 0.200. The van der Waals surface area contributed by atoms with Crippen LogP contribution in [0, 0.1) is 5.82 Å². The molecule has 0 aliphatic carbocycles. The summed E-state index contributed by atoms with van der Waals surface area (Å²) in [5, 5.41) is 7.04. The molecule has 0 unspecified atom stereocenters. The first-order valence-electron chi connectivity index (χ1n) is 4.58. The van der Waals surface area contributed by atoms with E-state index in [9.17, 15) is 4.39 Å². The summed E-state index contributed by atoms with van der Waals surface area (Å²) in [6.45, 7) is 0.467. The summed E-state index contributed by atoms with van der Waals surface area (Å²) in [5.41, 5.74) is 0.850. The predicted molar refractivity (Wildman–Crippen MR) is 54.7 cm³/mol. The largest absolute Gasteiger partial charge is 0.362 e. The number of hydrogen-bond acceptors (Lipinski definition) is 3. The molecule has 0 amide bonds. The highest BCUT2D eigenvalue weighted by atomic mass is 19.1. The number of aromatic nitrogens is 3. The van der Waals surface area contributed by atoms with Crippen molar-refractivity contribution in [2.75, 3.05) is 5.32 Å². The first kappa shape index (κ1) is 9.64. The lowest BCUT2D eigenvalue weighted by Gasteiger charge is -2.03. The summed E-state index contributed by atoms with van der Waals surface area (Å²) in [7, 11) is 1.84. The van der Waals surface area contributed by atoms with Gasteiger partial charge in [0.25, 0.3) is 0 Å². The van der Waals surface area contributed by atoms with E-state index < -0.39 is 0 Å². The van der Waals surface area contributed by atoms with E-state index in [1.54, 1.807) is 16.9 Å². The van der Waals surface area contributed by atoms with Crippen molar-refractivity contribution in [3.8, 4) is 0 Å². The van der Waals surface area contributed by atoms with Gasteiger partial charge in [0.2, 0.25) is 0 Å². The Labute approximate surface area is 86.8 Å². The molecule has 0 aliphatic heterocycles. The average Bonchev–Trinajstić information content (AvgIpc) is 2.63. The van der Waals surface area contributed by atoms with Crippen LogP contribution in [-0.4, -0.2) is 14.8 Å². The van der Waals surface area contributed by atoms with Crippen LogP contribution in [0.5, 0.6) is 0 Å². The average molecular weight is 206 g/mol. The molecule has 0 spiro atoms. The number of hydrogen-bond donors (Lipinski definition) is 1. The minimum absolute atomic E-state index is 0.253. The van der Waals surface area contributed by atoms with Gasteiger partial charge in [-0.1, -0.05) is 0 Å². The van der Waals surface area contributed by atoms with Gasteiger partial charge in [0, 0.05) is 19.4 Å². The van der Waals surface area contributed by atoms with Crippen LogP contribution < -0.4 is 5.32 Å². The third-order valence-electron chi connectivity index (χ3n) is 1.96. The number of nitrogens with zero attached hydrogens (tertiary/aromatic N) is 3. The maximum atomic E-state index is 13.1. The van der Waals surface area contributed by atoms with Gasteiger partial charge in [-0.15, -0.1) is 0 Å². The predicted octanol–water partition coefficient (Wildman–Crippen LogP) is 1.57. The summed E-state index contributed by atoms with van der Waals surface area (Å²) >= 11 is 0. The highest BCUT2D eigenvalue weighted by Gasteiger charge is 2.02. The van der Waals surface area contributed by atoms with E-state index in [1.165, 1.54) is 6.07 Å². The molecule has 0 atom stereocenters. The summed E-state index contributed by atoms with van der Waals surface area (Å²) in [5.74, 6) is -0.100. The molecular weight excluding hydrogens is 195 g/mol. The molecule has 2 aromatic rings. The second-order valence-corrected chi connectivity index (χ2v) is 3.17. The van der Waals surface area contributed by atoms with Crippen molar-refractivity contribution in [1.82, 2.24) is 14.8 Å². The lowest BCUT2D eigenvalue weighted by atomic mass is 10.4. The maximum Gasteiger partial charge on any atom is 0.165 e. The summed E-state index contributed by atoms with van der Waals surface area (Å²) < 4.78 is 14.8. The van der Waals surface area contributed by atoms with Gasteiger partial charge in [0.1, 0.15) is 0 Å². The van der Waals surface area contributed by atoms with Gasteiger partial charge in [-0.2, -0.15) is 5.10 Å². The molecule has 15 heavy (non-hydrogen) atoms. The van der Waals surface area contributed by atoms with E-state index in [4.69, 9.17) is 0 Å². The van der Waals surface area contributed by atoms with Crippen LogP contribution in [0.15, 0.2) is 30.6 Å². The minimum atomic E-state index is -0.353. The third kappa shape index (κ3) is 2.31. The lowest BCUT2D eigenvalue weighted by Crippen LogP contribution is -2.04. The molecule has 0 aromatic carbocycles. The van der Waals surface area contributed by atoms with Crippen LogP contribution in [0.1, 0.15) is 5.69 Å². The van der Waals surface area contributed by atoms with Crippen LogP contribution >= 0.6 is 0 Å². The Balaban J connectivity index is 2.02. The molecular formula is C10H11FN4. The van der Waals surface area contributed by atoms with Crippen LogP contribution in [0.25, 0.3) is 0 Å². The number of rotatable bonds is 3. The molecule has 0 aliphatic rings. The Bertz CT molecular complexity index is 452. The van der Waals surface area contributed by atoms with E-state index in [0.29, 0.717) is 6.54 Å². The van der Waals surface area contributed by atoms with Gasteiger partial charge in [-0.25, -0.2) is 9.37 Å². The zero-order chi connectivity index (χ0) is 10.7. The number of halogens is 1. The molecule has 0 radical (unpaired) electrons. The van der Waals surface area contributed by atoms with E-state index in [0.717, 1.165) is 5.69 Å². The third-order valence-corrected chi connectivity index (χ3v) is 1.96. The van der Waals surface area contributed by atoms with E-state index in [2.05, 4.69) is 15.4 Å². The van der Waals surface area contributed by atoms with E-state index in [-0.39, 0.29) is 11.6 Å². The molecule has 5 heteroatoms. The Morgan fingerprint density at radius 3 is 3.00 bits per heavy atom. The number of aryl methyl sites for hydroxylation is 1. The molecule has 0 saturated heterocycles. The number of anilines is 1. The smallest absolute Gasteiger partial charge is 0.165 e. The second-order valence-electron chi connectivity index (χ2n) is 3.17. The maximum absolute atomic E-state index is 13.1. The monoisotopic (exact) mass is 206 g/mol. The van der Waals surface area contributed by atoms with Gasteiger partial charge in [-0.05, 0) is 18.2 Å². The standard InChI is InChI=1S/C10H11FN4/c1-15-6-4-8(14-15)7-13-10-9(11)3-2-5-12-10/h2-6H,7H2,1H3,(H,12,13). The second kappa shape index (κ2) is 4.08. The number of pyridine rings is 1. The first-order chi connectivity index (χ1) is 7.25. The SMILES string of the molecule is Cn1ccc(CNc2ncccc2F)n1. The van der Waals surface area contributed by atoms with Gasteiger partial charge < -0.3 is 5.32 Å². The van der Waals surface area contributed by atoms with Crippen molar-refractivity contribution in [3.05, 3.63) is 42.1 Å². The van der Waals surface area contributed by atoms with Crippen molar-refractivity contribution < 1.29 is 4.39 Å². The summed E-state index contributed by atoms with van der Waals surface area (Å²) in [6, 6.07) is 4.79. The highest BCUT2D eigenvalue weighted by Crippen LogP contribution is 2.09. The molecule has 4 nitrogen and oxygen atoms in total. The van der Waals surface area contributed by atoms with Crippen molar-refractivity contribution in [3.63, 3.8) is 0 Å². The van der Waals surface area contributed by atoms with Gasteiger partial charge in [-0.3, -0.25) is 4.68 Å². The van der Waals surface area contributed by atoms with Crippen molar-refractivity contribution in [1.29, 1.82) is 0 Å². The molecule has 1 N–H and O–H groups in total. The molecule has 0 bridgehead atoms. The molecule has 0 saturated carbocycles. The summed E-state index contributed by atoms with van der Waals surface area (Å²) in [6.07, 6.45) is 3.38. The molecule has 2 rings (SSSR count). The van der Waals surface area contributed by atoms with Crippen LogP contribution in [0.2, 0.25) is 0 Å². The van der Waals surface area contributed by atoms with E-state index in [1.807, 2.05) is 19.3 Å². The minimum Gasteiger partial charge on any atom is -0.362 e. The van der Waals surface area contributed by atoms with Gasteiger partial charge in [0.15, 0.2) is 11.6 Å². The van der Waals surface area contributed by atoms with Crippen molar-refractivity contribution in [2.24, 2.45) is 7.05 Å². The fourth-order valence-corrected chi connectivity index (χ4v) is 1.25. The molecule has 78 valence electrons. The quantitative estimate of drug-likeness (QED) is 0.828. The van der Waals surface area contributed by atoms with Crippen molar-refractivity contribution >= 4 is 5.82 Å². The fourth-order valence-electron chi connectivity index (χ4n) is 1.25. The zero-order valence-corrected chi connectivity index (χ0v) is 8.31. The van der Waals surface area contributed by atoms with Crippen LogP contribution in [0.3, 0.4) is 0 Å². The normalized spacial score (nSPS) is 10.3. The number of nitrogens with one attached hydrogen (secondary N) is 1. The van der Waals surface area contributed by atoms with Crippen molar-refractivity contribution in [2.45, 2.75) is 6.54 Å². The molecule has 2 aromatic heterocycles. The Morgan fingerprint density at radius 1 is 1.47 bits per heavy atom.